The Bertz CT molecular complexity index is 426. The van der Waals surface area contributed by atoms with E-state index in [9.17, 15) is 13.5 Å². The fraction of sp³-hybridized carbons (Fsp3) is 0.545. The lowest BCUT2D eigenvalue weighted by Gasteiger charge is -2.23. The minimum atomic E-state index is -2.96. The quantitative estimate of drug-likeness (QED) is 0.841. The molecule has 1 atom stereocenters. The molecule has 1 N–H and O–H groups in total. The fourth-order valence-electron chi connectivity index (χ4n) is 1.50. The smallest absolute Gasteiger partial charge is 0.147 e. The monoisotopic (exact) mass is 243 g/mol. The predicted molar refractivity (Wildman–Crippen MR) is 62.8 cm³/mol. The molecule has 1 aromatic heterocycles. The van der Waals surface area contributed by atoms with E-state index < -0.39 is 15.4 Å². The molecule has 1 heterocycles. The van der Waals surface area contributed by atoms with Gasteiger partial charge in [0, 0.05) is 30.0 Å². The van der Waals surface area contributed by atoms with E-state index in [2.05, 4.69) is 4.98 Å². The summed E-state index contributed by atoms with van der Waals surface area (Å²) in [5.74, 6) is 0.101. The molecular weight excluding hydrogens is 226 g/mol. The first-order valence-corrected chi connectivity index (χ1v) is 7.18. The van der Waals surface area contributed by atoms with Crippen molar-refractivity contribution in [2.75, 3.05) is 12.0 Å². The van der Waals surface area contributed by atoms with Crippen LogP contribution in [0.15, 0.2) is 24.5 Å². The van der Waals surface area contributed by atoms with Crippen LogP contribution in [0.1, 0.15) is 25.3 Å². The molecule has 0 radical (unpaired) electrons. The summed E-state index contributed by atoms with van der Waals surface area (Å²) in [6.07, 6.45) is 5.29. The summed E-state index contributed by atoms with van der Waals surface area (Å²) in [6, 6.07) is 3.54. The molecule has 0 saturated carbocycles. The minimum absolute atomic E-state index is 0.101. The first kappa shape index (κ1) is 13.1. The van der Waals surface area contributed by atoms with Crippen LogP contribution in [0.3, 0.4) is 0 Å². The highest BCUT2D eigenvalue weighted by Gasteiger charge is 2.23. The zero-order chi connectivity index (χ0) is 12.2. The lowest BCUT2D eigenvalue weighted by molar-refractivity contribution is 0.0468. The highest BCUT2D eigenvalue weighted by molar-refractivity contribution is 7.90. The van der Waals surface area contributed by atoms with Gasteiger partial charge < -0.3 is 5.11 Å². The second-order valence-corrected chi connectivity index (χ2v) is 6.51. The molecule has 0 aromatic carbocycles. The molecule has 0 amide bonds. The van der Waals surface area contributed by atoms with E-state index in [-0.39, 0.29) is 5.75 Å². The van der Waals surface area contributed by atoms with Crippen molar-refractivity contribution in [2.45, 2.75) is 25.4 Å². The lowest BCUT2D eigenvalue weighted by Crippen LogP contribution is -2.22. The zero-order valence-corrected chi connectivity index (χ0v) is 10.4. The van der Waals surface area contributed by atoms with Gasteiger partial charge >= 0.3 is 0 Å². The van der Waals surface area contributed by atoms with Crippen LogP contribution in [0.25, 0.3) is 0 Å². The van der Waals surface area contributed by atoms with Gasteiger partial charge in [-0.1, -0.05) is 6.07 Å². The molecule has 5 heteroatoms. The van der Waals surface area contributed by atoms with Crippen molar-refractivity contribution in [2.24, 2.45) is 0 Å². The third-order valence-electron chi connectivity index (χ3n) is 2.46. The fourth-order valence-corrected chi connectivity index (χ4v) is 2.17. The second kappa shape index (κ2) is 4.93. The number of hydrogen-bond donors (Lipinski definition) is 1. The molecule has 1 rings (SSSR count). The van der Waals surface area contributed by atoms with Gasteiger partial charge in [-0.25, -0.2) is 8.42 Å². The summed E-state index contributed by atoms with van der Waals surface area (Å²) in [5.41, 5.74) is -0.303. The maximum absolute atomic E-state index is 11.0. The normalized spacial score (nSPS) is 15.7. The van der Waals surface area contributed by atoms with Crippen LogP contribution in [0.2, 0.25) is 0 Å². The number of aliphatic hydroxyl groups is 1. The SMILES string of the molecule is CC(O)(CCCS(C)(=O)=O)c1cccnc1. The van der Waals surface area contributed by atoms with Crippen molar-refractivity contribution in [1.29, 1.82) is 0 Å². The van der Waals surface area contributed by atoms with Crippen LogP contribution in [0.5, 0.6) is 0 Å². The molecule has 0 aliphatic carbocycles. The topological polar surface area (TPSA) is 67.3 Å². The van der Waals surface area contributed by atoms with Gasteiger partial charge in [-0.05, 0) is 25.8 Å². The second-order valence-electron chi connectivity index (χ2n) is 4.25. The minimum Gasteiger partial charge on any atom is -0.385 e. The van der Waals surface area contributed by atoms with Crippen molar-refractivity contribution in [3.63, 3.8) is 0 Å². The van der Waals surface area contributed by atoms with Gasteiger partial charge in [0.25, 0.3) is 0 Å². The van der Waals surface area contributed by atoms with Crippen molar-refractivity contribution >= 4 is 9.84 Å². The third-order valence-corrected chi connectivity index (χ3v) is 3.49. The van der Waals surface area contributed by atoms with Crippen LogP contribution in [-0.4, -0.2) is 30.5 Å². The first-order valence-electron chi connectivity index (χ1n) is 5.12. The molecule has 0 aliphatic rings. The summed E-state index contributed by atoms with van der Waals surface area (Å²) >= 11 is 0. The third kappa shape index (κ3) is 4.28. The van der Waals surface area contributed by atoms with Crippen molar-refractivity contribution < 1.29 is 13.5 Å². The van der Waals surface area contributed by atoms with Crippen LogP contribution in [0, 0.1) is 0 Å². The zero-order valence-electron chi connectivity index (χ0n) is 9.55. The summed E-state index contributed by atoms with van der Waals surface area (Å²) in [6.45, 7) is 1.67. The Morgan fingerprint density at radius 3 is 2.69 bits per heavy atom. The van der Waals surface area contributed by atoms with Gasteiger partial charge in [-0.15, -0.1) is 0 Å². The number of sulfone groups is 1. The van der Waals surface area contributed by atoms with E-state index in [4.69, 9.17) is 0 Å². The summed E-state index contributed by atoms with van der Waals surface area (Å²) in [4.78, 5) is 3.93. The molecule has 1 unspecified atom stereocenters. The number of aromatic nitrogens is 1. The Balaban J connectivity index is 2.59. The highest BCUT2D eigenvalue weighted by atomic mass is 32.2. The van der Waals surface area contributed by atoms with E-state index in [0.29, 0.717) is 18.4 Å². The molecule has 0 bridgehead atoms. The van der Waals surface area contributed by atoms with E-state index in [0.717, 1.165) is 0 Å². The molecule has 90 valence electrons. The summed E-state index contributed by atoms with van der Waals surface area (Å²) in [5, 5.41) is 10.1. The van der Waals surface area contributed by atoms with Crippen LogP contribution in [0.4, 0.5) is 0 Å². The van der Waals surface area contributed by atoms with E-state index >= 15 is 0 Å². The molecule has 0 saturated heterocycles. The van der Waals surface area contributed by atoms with Crippen LogP contribution in [-0.2, 0) is 15.4 Å². The molecule has 0 aliphatic heterocycles. The van der Waals surface area contributed by atoms with Gasteiger partial charge in [0.15, 0.2) is 0 Å². The highest BCUT2D eigenvalue weighted by Crippen LogP contribution is 2.24. The van der Waals surface area contributed by atoms with E-state index in [1.807, 2.05) is 0 Å². The maximum atomic E-state index is 11.0. The molecule has 0 spiro atoms. The van der Waals surface area contributed by atoms with E-state index in [1.54, 1.807) is 31.5 Å². The number of hydrogen-bond acceptors (Lipinski definition) is 4. The Labute approximate surface area is 96.3 Å². The van der Waals surface area contributed by atoms with Crippen molar-refractivity contribution in [1.82, 2.24) is 4.98 Å². The predicted octanol–water partition coefficient (Wildman–Crippen LogP) is 1.11. The van der Waals surface area contributed by atoms with Gasteiger partial charge in [-0.3, -0.25) is 4.98 Å². The Morgan fingerprint density at radius 2 is 2.19 bits per heavy atom. The lowest BCUT2D eigenvalue weighted by atomic mass is 9.93. The van der Waals surface area contributed by atoms with Crippen LogP contribution >= 0.6 is 0 Å². The standard InChI is InChI=1S/C11H17NO3S/c1-11(13,6-4-8-16(2,14)15)10-5-3-7-12-9-10/h3,5,7,9,13H,4,6,8H2,1-2H3. The Kier molecular flexibility index (Phi) is 4.04. The average molecular weight is 243 g/mol. The Hall–Kier alpha value is -0.940. The van der Waals surface area contributed by atoms with E-state index in [1.165, 1.54) is 6.26 Å². The summed E-state index contributed by atoms with van der Waals surface area (Å²) in [7, 11) is -2.96. The molecule has 4 nitrogen and oxygen atoms in total. The van der Waals surface area contributed by atoms with Gasteiger partial charge in [0.1, 0.15) is 9.84 Å². The van der Waals surface area contributed by atoms with Crippen molar-refractivity contribution in [3.8, 4) is 0 Å². The summed E-state index contributed by atoms with van der Waals surface area (Å²) < 4.78 is 21.9. The Morgan fingerprint density at radius 1 is 1.50 bits per heavy atom. The number of rotatable bonds is 5. The number of nitrogens with zero attached hydrogens (tertiary/aromatic N) is 1. The van der Waals surface area contributed by atoms with Gasteiger partial charge in [0.05, 0.1) is 5.60 Å². The van der Waals surface area contributed by atoms with Crippen molar-refractivity contribution in [3.05, 3.63) is 30.1 Å². The molecular formula is C11H17NO3S. The molecule has 16 heavy (non-hydrogen) atoms. The largest absolute Gasteiger partial charge is 0.385 e. The van der Waals surface area contributed by atoms with Crippen LogP contribution < -0.4 is 0 Å². The van der Waals surface area contributed by atoms with Gasteiger partial charge in [-0.2, -0.15) is 0 Å². The van der Waals surface area contributed by atoms with Gasteiger partial charge in [0.2, 0.25) is 0 Å². The maximum Gasteiger partial charge on any atom is 0.147 e. The molecule has 1 aromatic rings. The molecule has 0 fully saturated rings. The number of pyridine rings is 1. The average Bonchev–Trinajstić information content (AvgIpc) is 2.17. The first-order chi connectivity index (χ1) is 7.31.